The van der Waals surface area contributed by atoms with E-state index in [-0.39, 0.29) is 22.3 Å². The van der Waals surface area contributed by atoms with Crippen LogP contribution >= 0.6 is 0 Å². The Kier molecular flexibility index (Phi) is 4.52. The van der Waals surface area contributed by atoms with Crippen molar-refractivity contribution in [2.24, 2.45) is 0 Å². The number of carbonyl (C=O) groups excluding carboxylic acids is 1. The molecule has 1 amide bonds. The molecule has 0 aromatic heterocycles. The Morgan fingerprint density at radius 1 is 1.00 bits per heavy atom. The lowest BCUT2D eigenvalue weighted by Crippen LogP contribution is -2.12. The summed E-state index contributed by atoms with van der Waals surface area (Å²) in [6.07, 6.45) is 0. The number of phenolic OH excluding ortho intramolecular Hbond substituents is 1. The Balaban J connectivity index is 1.99. The number of carbonyl (C=O) groups is 1. The number of non-ortho nitro benzene ring substituents is 1. The summed E-state index contributed by atoms with van der Waals surface area (Å²) >= 11 is 0. The van der Waals surface area contributed by atoms with Crippen LogP contribution in [0.5, 0.6) is 5.75 Å². The minimum Gasteiger partial charge on any atom is -0.506 e. The van der Waals surface area contributed by atoms with Crippen molar-refractivity contribution in [2.75, 3.05) is 5.32 Å². The summed E-state index contributed by atoms with van der Waals surface area (Å²) in [7, 11) is -4.61. The fourth-order valence-corrected chi connectivity index (χ4v) is 3.16. The van der Waals surface area contributed by atoms with Crippen LogP contribution in [0.4, 0.5) is 11.4 Å². The van der Waals surface area contributed by atoms with E-state index >= 15 is 0 Å². The Hall–Kier alpha value is -3.50. The van der Waals surface area contributed by atoms with Gasteiger partial charge in [-0.3, -0.25) is 19.5 Å². The van der Waals surface area contributed by atoms with Crippen LogP contribution in [0.25, 0.3) is 10.8 Å². The highest BCUT2D eigenvalue weighted by Gasteiger charge is 2.19. The van der Waals surface area contributed by atoms with Crippen LogP contribution in [-0.2, 0) is 10.1 Å². The molecule has 0 bridgehead atoms. The highest BCUT2D eigenvalue weighted by atomic mass is 32.2. The van der Waals surface area contributed by atoms with Gasteiger partial charge in [0.2, 0.25) is 0 Å². The maximum Gasteiger partial charge on any atom is 0.298 e. The molecule has 0 atom stereocenters. The predicted molar refractivity (Wildman–Crippen MR) is 96.5 cm³/mol. The number of aromatic hydroxyl groups is 1. The maximum atomic E-state index is 12.4. The molecule has 3 rings (SSSR count). The second-order valence-corrected chi connectivity index (χ2v) is 6.94. The number of fused-ring (bicyclic) bond motifs is 1. The summed E-state index contributed by atoms with van der Waals surface area (Å²) in [5.41, 5.74) is 0.309. The molecule has 0 radical (unpaired) electrons. The number of nitrogens with one attached hydrogen (secondary N) is 1. The molecule has 3 aromatic carbocycles. The second-order valence-electron chi connectivity index (χ2n) is 5.55. The molecule has 3 aromatic rings. The largest absolute Gasteiger partial charge is 0.506 e. The SMILES string of the molecule is O=C(Nc1cccc2c(O)c(S(=O)(=O)O)ccc12)c1ccc([N+](=O)[O-])cc1. The molecule has 3 N–H and O–H groups in total. The highest BCUT2D eigenvalue weighted by molar-refractivity contribution is 7.86. The molecule has 0 aliphatic heterocycles. The van der Waals surface area contributed by atoms with Gasteiger partial charge in [-0.2, -0.15) is 8.42 Å². The zero-order chi connectivity index (χ0) is 19.8. The molecule has 9 nitrogen and oxygen atoms in total. The number of nitrogens with zero attached hydrogens (tertiary/aromatic N) is 1. The van der Waals surface area contributed by atoms with E-state index in [9.17, 15) is 28.4 Å². The third kappa shape index (κ3) is 3.57. The zero-order valence-corrected chi connectivity index (χ0v) is 14.3. The molecule has 0 unspecified atom stereocenters. The average Bonchev–Trinajstić information content (AvgIpc) is 2.61. The minimum absolute atomic E-state index is 0.117. The minimum atomic E-state index is -4.61. The van der Waals surface area contributed by atoms with Crippen molar-refractivity contribution >= 4 is 38.2 Å². The lowest BCUT2D eigenvalue weighted by atomic mass is 10.1. The van der Waals surface area contributed by atoms with Crippen molar-refractivity contribution in [3.05, 3.63) is 70.3 Å². The van der Waals surface area contributed by atoms with E-state index in [4.69, 9.17) is 4.55 Å². The summed E-state index contributed by atoms with van der Waals surface area (Å²) in [4.78, 5) is 21.8. The molecule has 0 spiro atoms. The Bertz CT molecular complexity index is 1170. The van der Waals surface area contributed by atoms with Gasteiger partial charge in [-0.15, -0.1) is 0 Å². The van der Waals surface area contributed by atoms with Gasteiger partial charge in [-0.05, 0) is 24.3 Å². The van der Waals surface area contributed by atoms with Gasteiger partial charge in [-0.1, -0.05) is 18.2 Å². The Morgan fingerprint density at radius 2 is 1.67 bits per heavy atom. The number of nitro benzene ring substituents is 1. The standard InChI is InChI=1S/C17H12N2O7S/c20-16-13-2-1-3-14(12(13)8-9-15(16)27(24,25)26)18-17(21)10-4-6-11(7-5-10)19(22)23/h1-9,20H,(H,18,21)(H,24,25,26). The molecule has 0 saturated carbocycles. The number of benzene rings is 3. The van der Waals surface area contributed by atoms with Crippen molar-refractivity contribution in [3.63, 3.8) is 0 Å². The van der Waals surface area contributed by atoms with Crippen LogP contribution in [-0.4, -0.2) is 28.9 Å². The van der Waals surface area contributed by atoms with E-state index < -0.39 is 31.6 Å². The number of anilines is 1. The van der Waals surface area contributed by atoms with Crippen LogP contribution in [0.1, 0.15) is 10.4 Å². The molecule has 10 heteroatoms. The molecular formula is C17H12N2O7S. The first kappa shape index (κ1) is 18.3. The maximum absolute atomic E-state index is 12.4. The van der Waals surface area contributed by atoms with E-state index in [0.29, 0.717) is 5.39 Å². The Labute approximate surface area is 152 Å². The van der Waals surface area contributed by atoms with Gasteiger partial charge in [0.05, 0.1) is 4.92 Å². The van der Waals surface area contributed by atoms with E-state index in [1.54, 1.807) is 0 Å². The van der Waals surface area contributed by atoms with Crippen molar-refractivity contribution < 1.29 is 27.8 Å². The molecule has 0 aliphatic carbocycles. The topological polar surface area (TPSA) is 147 Å². The molecule has 0 fully saturated rings. The monoisotopic (exact) mass is 388 g/mol. The molecule has 0 saturated heterocycles. The third-order valence-corrected chi connectivity index (χ3v) is 4.75. The van der Waals surface area contributed by atoms with Gasteiger partial charge in [0.15, 0.2) is 0 Å². The Morgan fingerprint density at radius 3 is 2.26 bits per heavy atom. The molecule has 27 heavy (non-hydrogen) atoms. The number of hydrogen-bond acceptors (Lipinski definition) is 6. The molecular weight excluding hydrogens is 376 g/mol. The highest BCUT2D eigenvalue weighted by Crippen LogP contribution is 2.35. The summed E-state index contributed by atoms with van der Waals surface area (Å²) in [6.45, 7) is 0. The molecule has 0 aliphatic rings. The van der Waals surface area contributed by atoms with Crippen LogP contribution in [0.15, 0.2) is 59.5 Å². The van der Waals surface area contributed by atoms with Crippen molar-refractivity contribution in [3.8, 4) is 5.75 Å². The fraction of sp³-hybridized carbons (Fsp3) is 0. The predicted octanol–water partition coefficient (Wildman–Crippen LogP) is 2.95. The first-order chi connectivity index (χ1) is 12.7. The fourth-order valence-electron chi connectivity index (χ4n) is 2.57. The van der Waals surface area contributed by atoms with Crippen LogP contribution in [0, 0.1) is 10.1 Å². The summed E-state index contributed by atoms with van der Waals surface area (Å²) in [6, 6.07) is 11.8. The van der Waals surface area contributed by atoms with Crippen molar-refractivity contribution in [1.29, 1.82) is 0 Å². The van der Waals surface area contributed by atoms with Crippen molar-refractivity contribution in [1.82, 2.24) is 0 Å². The lowest BCUT2D eigenvalue weighted by Gasteiger charge is -2.11. The number of amides is 1. The third-order valence-electron chi connectivity index (χ3n) is 3.86. The van der Waals surface area contributed by atoms with E-state index in [1.807, 2.05) is 0 Å². The van der Waals surface area contributed by atoms with Crippen LogP contribution in [0.2, 0.25) is 0 Å². The van der Waals surface area contributed by atoms with Crippen molar-refractivity contribution in [2.45, 2.75) is 4.90 Å². The normalized spacial score (nSPS) is 11.3. The van der Waals surface area contributed by atoms with Gasteiger partial charge in [0, 0.05) is 34.2 Å². The average molecular weight is 388 g/mol. The van der Waals surface area contributed by atoms with Gasteiger partial charge in [0.25, 0.3) is 21.7 Å². The molecule has 0 heterocycles. The number of hydrogen-bond donors (Lipinski definition) is 3. The molecule has 138 valence electrons. The smallest absolute Gasteiger partial charge is 0.298 e. The quantitative estimate of drug-likeness (QED) is 0.354. The van der Waals surface area contributed by atoms with Crippen LogP contribution in [0.3, 0.4) is 0 Å². The summed E-state index contributed by atoms with van der Waals surface area (Å²) in [5, 5.41) is 23.9. The van der Waals surface area contributed by atoms with E-state index in [0.717, 1.165) is 6.07 Å². The summed E-state index contributed by atoms with van der Waals surface area (Å²) < 4.78 is 31.7. The van der Waals surface area contributed by atoms with E-state index in [1.165, 1.54) is 48.5 Å². The van der Waals surface area contributed by atoms with Crippen LogP contribution < -0.4 is 5.32 Å². The summed E-state index contributed by atoms with van der Waals surface area (Å²) in [5.74, 6) is -1.18. The second kappa shape index (κ2) is 6.67. The van der Waals surface area contributed by atoms with Gasteiger partial charge >= 0.3 is 0 Å². The number of nitro groups is 1. The van der Waals surface area contributed by atoms with Gasteiger partial charge in [-0.25, -0.2) is 0 Å². The van der Waals surface area contributed by atoms with Gasteiger partial charge < -0.3 is 10.4 Å². The number of rotatable bonds is 4. The lowest BCUT2D eigenvalue weighted by molar-refractivity contribution is -0.384. The van der Waals surface area contributed by atoms with Gasteiger partial charge in [0.1, 0.15) is 10.6 Å². The van der Waals surface area contributed by atoms with E-state index in [2.05, 4.69) is 5.32 Å². The number of phenols is 1. The zero-order valence-electron chi connectivity index (χ0n) is 13.5. The first-order valence-corrected chi connectivity index (χ1v) is 8.90. The first-order valence-electron chi connectivity index (χ1n) is 7.46.